The number of carbonyl (C=O) groups excluding carboxylic acids is 1. The standard InChI is InChI=1S/C25H21BrN4O4/c1-33-22-5-3-2-4-18(22)20-7-9-23(28-27-20)29-10-12-30(13-11-29)24(31)19-15-16-14-17(26)6-8-21(16)34-25(19)32/h2-9,14-15H,10-13H2,1H3. The number of halogens is 1. The van der Waals surface area contributed by atoms with Gasteiger partial charge < -0.3 is 19.0 Å². The third-order valence-electron chi connectivity index (χ3n) is 5.85. The first kappa shape index (κ1) is 22.1. The Morgan fingerprint density at radius 2 is 1.79 bits per heavy atom. The second kappa shape index (κ2) is 9.26. The molecule has 1 aliphatic heterocycles. The van der Waals surface area contributed by atoms with Crippen molar-refractivity contribution >= 4 is 38.6 Å². The van der Waals surface area contributed by atoms with Crippen LogP contribution in [0.15, 0.2) is 74.3 Å². The molecule has 34 heavy (non-hydrogen) atoms. The number of methoxy groups -OCH3 is 1. The molecule has 0 spiro atoms. The number of hydrogen-bond donors (Lipinski definition) is 0. The summed E-state index contributed by atoms with van der Waals surface area (Å²) in [5.41, 5.74) is 1.47. The van der Waals surface area contributed by atoms with Crippen molar-refractivity contribution in [3.63, 3.8) is 0 Å². The van der Waals surface area contributed by atoms with Gasteiger partial charge in [0.25, 0.3) is 5.91 Å². The molecule has 0 saturated carbocycles. The maximum Gasteiger partial charge on any atom is 0.349 e. The van der Waals surface area contributed by atoms with E-state index in [4.69, 9.17) is 9.15 Å². The summed E-state index contributed by atoms with van der Waals surface area (Å²) in [4.78, 5) is 29.2. The van der Waals surface area contributed by atoms with Crippen molar-refractivity contribution < 1.29 is 13.9 Å². The lowest BCUT2D eigenvalue weighted by atomic mass is 10.1. The maximum absolute atomic E-state index is 13.1. The molecule has 3 heterocycles. The Labute approximate surface area is 203 Å². The minimum Gasteiger partial charge on any atom is -0.496 e. The van der Waals surface area contributed by atoms with E-state index in [0.29, 0.717) is 37.1 Å². The Kier molecular flexibility index (Phi) is 6.02. The lowest BCUT2D eigenvalue weighted by Crippen LogP contribution is -2.49. The van der Waals surface area contributed by atoms with Crippen LogP contribution < -0.4 is 15.3 Å². The number of fused-ring (bicyclic) bond motifs is 1. The zero-order valence-corrected chi connectivity index (χ0v) is 20.0. The lowest BCUT2D eigenvalue weighted by molar-refractivity contribution is 0.0742. The molecule has 9 heteroatoms. The van der Waals surface area contributed by atoms with Gasteiger partial charge in [-0.25, -0.2) is 4.79 Å². The Morgan fingerprint density at radius 3 is 2.53 bits per heavy atom. The van der Waals surface area contributed by atoms with E-state index in [0.717, 1.165) is 27.3 Å². The molecule has 5 rings (SSSR count). The van der Waals surface area contributed by atoms with Gasteiger partial charge in [0.15, 0.2) is 5.82 Å². The average Bonchev–Trinajstić information content (AvgIpc) is 2.88. The molecule has 2 aromatic heterocycles. The fraction of sp³-hybridized carbons (Fsp3) is 0.200. The summed E-state index contributed by atoms with van der Waals surface area (Å²) in [6.45, 7) is 2.09. The number of anilines is 1. The Balaban J connectivity index is 1.28. The van der Waals surface area contributed by atoms with Crippen molar-refractivity contribution in [3.8, 4) is 17.0 Å². The molecule has 1 aliphatic rings. The van der Waals surface area contributed by atoms with Crippen molar-refractivity contribution in [2.45, 2.75) is 0 Å². The van der Waals surface area contributed by atoms with Gasteiger partial charge in [-0.2, -0.15) is 0 Å². The molecule has 1 saturated heterocycles. The smallest absolute Gasteiger partial charge is 0.349 e. The van der Waals surface area contributed by atoms with Gasteiger partial charge in [0.2, 0.25) is 0 Å². The quantitative estimate of drug-likeness (QED) is 0.376. The summed E-state index contributed by atoms with van der Waals surface area (Å²) in [5.74, 6) is 1.15. The molecule has 0 N–H and O–H groups in total. The Morgan fingerprint density at radius 1 is 1.00 bits per heavy atom. The van der Waals surface area contributed by atoms with Gasteiger partial charge in [0.05, 0.1) is 12.8 Å². The maximum atomic E-state index is 13.1. The van der Waals surface area contributed by atoms with E-state index in [9.17, 15) is 9.59 Å². The van der Waals surface area contributed by atoms with Crippen LogP contribution in [-0.2, 0) is 0 Å². The molecular formula is C25H21BrN4O4. The summed E-state index contributed by atoms with van der Waals surface area (Å²) in [6, 6.07) is 18.4. The average molecular weight is 521 g/mol. The second-order valence-corrected chi connectivity index (χ2v) is 8.80. The van der Waals surface area contributed by atoms with Gasteiger partial charge >= 0.3 is 5.63 Å². The zero-order chi connectivity index (χ0) is 23.7. The van der Waals surface area contributed by atoms with Crippen molar-refractivity contribution in [3.05, 3.63) is 81.1 Å². The van der Waals surface area contributed by atoms with Crippen molar-refractivity contribution in [1.29, 1.82) is 0 Å². The molecule has 2 aromatic carbocycles. The molecule has 4 aromatic rings. The van der Waals surface area contributed by atoms with Crippen LogP contribution in [0.4, 0.5) is 5.82 Å². The van der Waals surface area contributed by atoms with E-state index in [2.05, 4.69) is 31.0 Å². The summed E-state index contributed by atoms with van der Waals surface area (Å²) >= 11 is 3.40. The first-order chi connectivity index (χ1) is 16.5. The van der Waals surface area contributed by atoms with Crippen LogP contribution in [0.3, 0.4) is 0 Å². The highest BCUT2D eigenvalue weighted by atomic mass is 79.9. The molecule has 0 bridgehead atoms. The molecule has 8 nitrogen and oxygen atoms in total. The number of piperazine rings is 1. The highest BCUT2D eigenvalue weighted by Crippen LogP contribution is 2.28. The van der Waals surface area contributed by atoms with Gasteiger partial charge in [0.1, 0.15) is 16.9 Å². The van der Waals surface area contributed by atoms with E-state index in [-0.39, 0.29) is 11.5 Å². The molecule has 172 valence electrons. The first-order valence-corrected chi connectivity index (χ1v) is 11.6. The normalized spacial score (nSPS) is 13.8. The third kappa shape index (κ3) is 4.26. The first-order valence-electron chi connectivity index (χ1n) is 10.8. The van der Waals surface area contributed by atoms with Crippen molar-refractivity contribution in [2.24, 2.45) is 0 Å². The number of rotatable bonds is 4. The molecule has 0 aliphatic carbocycles. The topological polar surface area (TPSA) is 88.8 Å². The zero-order valence-electron chi connectivity index (χ0n) is 18.4. The largest absolute Gasteiger partial charge is 0.496 e. The van der Waals surface area contributed by atoms with Gasteiger partial charge in [-0.05, 0) is 48.5 Å². The van der Waals surface area contributed by atoms with E-state index in [1.807, 2.05) is 42.5 Å². The Bertz CT molecular complexity index is 1410. The van der Waals surface area contributed by atoms with Gasteiger partial charge in [-0.15, -0.1) is 10.2 Å². The molecular weight excluding hydrogens is 500 g/mol. The second-order valence-electron chi connectivity index (χ2n) is 7.89. The fourth-order valence-corrected chi connectivity index (χ4v) is 4.42. The van der Waals surface area contributed by atoms with E-state index in [1.165, 1.54) is 0 Å². The van der Waals surface area contributed by atoms with Gasteiger partial charge in [0, 0.05) is 41.6 Å². The number of benzene rings is 2. The minimum absolute atomic E-state index is 0.0417. The summed E-state index contributed by atoms with van der Waals surface area (Å²) in [6.07, 6.45) is 0. The number of hydrogen-bond acceptors (Lipinski definition) is 7. The molecule has 1 fully saturated rings. The van der Waals surface area contributed by atoms with Crippen LogP contribution in [0.25, 0.3) is 22.2 Å². The number of aromatic nitrogens is 2. The monoisotopic (exact) mass is 520 g/mol. The van der Waals surface area contributed by atoms with Crippen LogP contribution >= 0.6 is 15.9 Å². The van der Waals surface area contributed by atoms with Crippen LogP contribution in [0.2, 0.25) is 0 Å². The summed E-state index contributed by atoms with van der Waals surface area (Å²) < 4.78 is 11.6. The van der Waals surface area contributed by atoms with E-state index in [1.54, 1.807) is 30.2 Å². The number of ether oxygens (including phenoxy) is 1. The van der Waals surface area contributed by atoms with E-state index < -0.39 is 5.63 Å². The highest BCUT2D eigenvalue weighted by molar-refractivity contribution is 9.10. The lowest BCUT2D eigenvalue weighted by Gasteiger charge is -2.35. The fourth-order valence-electron chi connectivity index (χ4n) is 4.05. The van der Waals surface area contributed by atoms with Crippen LogP contribution in [0.5, 0.6) is 5.75 Å². The van der Waals surface area contributed by atoms with Gasteiger partial charge in [-0.1, -0.05) is 28.1 Å². The highest BCUT2D eigenvalue weighted by Gasteiger charge is 2.26. The summed E-state index contributed by atoms with van der Waals surface area (Å²) in [7, 11) is 1.63. The van der Waals surface area contributed by atoms with Crippen molar-refractivity contribution in [1.82, 2.24) is 15.1 Å². The Hall–Kier alpha value is -3.72. The van der Waals surface area contributed by atoms with Crippen molar-refractivity contribution in [2.75, 3.05) is 38.2 Å². The number of nitrogens with zero attached hydrogens (tertiary/aromatic N) is 4. The molecule has 0 radical (unpaired) electrons. The van der Waals surface area contributed by atoms with Crippen LogP contribution in [0, 0.1) is 0 Å². The predicted molar refractivity (Wildman–Crippen MR) is 132 cm³/mol. The summed E-state index contributed by atoms with van der Waals surface area (Å²) in [5, 5.41) is 9.45. The number of carbonyl (C=O) groups is 1. The number of para-hydroxylation sites is 1. The molecule has 0 unspecified atom stereocenters. The van der Waals surface area contributed by atoms with E-state index >= 15 is 0 Å². The SMILES string of the molecule is COc1ccccc1-c1ccc(N2CCN(C(=O)c3cc4cc(Br)ccc4oc3=O)CC2)nn1. The third-order valence-corrected chi connectivity index (χ3v) is 6.34. The van der Waals surface area contributed by atoms with Crippen LogP contribution in [0.1, 0.15) is 10.4 Å². The van der Waals surface area contributed by atoms with Gasteiger partial charge in [-0.3, -0.25) is 4.79 Å². The predicted octanol–water partition coefficient (Wildman–Crippen LogP) is 3.98. The van der Waals surface area contributed by atoms with Crippen LogP contribution in [-0.4, -0.2) is 54.3 Å². The molecule has 0 atom stereocenters. The minimum atomic E-state index is -0.625. The molecule has 1 amide bonds. The number of amides is 1.